The summed E-state index contributed by atoms with van der Waals surface area (Å²) in [5.74, 6) is 1.11. The Morgan fingerprint density at radius 3 is 2.88 bits per heavy atom. The van der Waals surface area contributed by atoms with Crippen molar-refractivity contribution in [3.05, 3.63) is 12.1 Å². The standard InChI is InChI=1S/C11H16N4O/c1-8(6-12)7-15(2)10-5-4-9(13)11(14-10)16-3/h4-5,8H,7,13H2,1-3H3. The highest BCUT2D eigenvalue weighted by Gasteiger charge is 2.09. The second kappa shape index (κ2) is 5.21. The summed E-state index contributed by atoms with van der Waals surface area (Å²) in [6.45, 7) is 2.49. The molecule has 0 fully saturated rings. The summed E-state index contributed by atoms with van der Waals surface area (Å²) in [5.41, 5.74) is 6.18. The van der Waals surface area contributed by atoms with Gasteiger partial charge in [0.25, 0.3) is 0 Å². The molecule has 1 aromatic heterocycles. The monoisotopic (exact) mass is 220 g/mol. The number of pyridine rings is 1. The third-order valence-electron chi connectivity index (χ3n) is 2.23. The van der Waals surface area contributed by atoms with Crippen LogP contribution in [-0.2, 0) is 0 Å². The second-order valence-corrected chi connectivity index (χ2v) is 3.68. The summed E-state index contributed by atoms with van der Waals surface area (Å²) < 4.78 is 5.04. The number of nitriles is 1. The van der Waals surface area contributed by atoms with Crippen LogP contribution in [0.5, 0.6) is 5.88 Å². The Balaban J connectivity index is 2.84. The number of hydrogen-bond donors (Lipinski definition) is 1. The quantitative estimate of drug-likeness (QED) is 0.827. The van der Waals surface area contributed by atoms with Crippen molar-refractivity contribution in [2.75, 3.05) is 31.3 Å². The summed E-state index contributed by atoms with van der Waals surface area (Å²) >= 11 is 0. The molecule has 0 aromatic carbocycles. The fourth-order valence-corrected chi connectivity index (χ4v) is 1.36. The summed E-state index contributed by atoms with van der Waals surface area (Å²) in [5, 5.41) is 8.73. The summed E-state index contributed by atoms with van der Waals surface area (Å²) in [4.78, 5) is 6.15. The van der Waals surface area contributed by atoms with Gasteiger partial charge in [0.15, 0.2) is 0 Å². The first-order valence-corrected chi connectivity index (χ1v) is 4.99. The first-order valence-electron chi connectivity index (χ1n) is 4.99. The van der Waals surface area contributed by atoms with Crippen molar-refractivity contribution in [1.29, 1.82) is 5.26 Å². The van der Waals surface area contributed by atoms with Gasteiger partial charge in [-0.25, -0.2) is 0 Å². The van der Waals surface area contributed by atoms with Crippen molar-refractivity contribution < 1.29 is 4.74 Å². The van der Waals surface area contributed by atoms with Crippen LogP contribution < -0.4 is 15.4 Å². The lowest BCUT2D eigenvalue weighted by Gasteiger charge is -2.19. The molecule has 16 heavy (non-hydrogen) atoms. The molecule has 1 heterocycles. The zero-order chi connectivity index (χ0) is 12.1. The lowest BCUT2D eigenvalue weighted by Crippen LogP contribution is -2.24. The molecule has 86 valence electrons. The highest BCUT2D eigenvalue weighted by atomic mass is 16.5. The zero-order valence-electron chi connectivity index (χ0n) is 9.77. The van der Waals surface area contributed by atoms with Gasteiger partial charge in [0.2, 0.25) is 5.88 Å². The molecule has 0 aliphatic carbocycles. The van der Waals surface area contributed by atoms with Crippen LogP contribution in [0.15, 0.2) is 12.1 Å². The van der Waals surface area contributed by atoms with Crippen LogP contribution in [0.25, 0.3) is 0 Å². The van der Waals surface area contributed by atoms with Crippen molar-refractivity contribution in [3.63, 3.8) is 0 Å². The molecule has 1 rings (SSSR count). The maximum absolute atomic E-state index is 8.73. The Bertz CT molecular complexity index is 399. The zero-order valence-corrected chi connectivity index (χ0v) is 9.77. The first-order chi connectivity index (χ1) is 7.58. The van der Waals surface area contributed by atoms with Crippen LogP contribution in [0.3, 0.4) is 0 Å². The van der Waals surface area contributed by atoms with Crippen molar-refractivity contribution in [1.82, 2.24) is 4.98 Å². The fourth-order valence-electron chi connectivity index (χ4n) is 1.36. The third-order valence-corrected chi connectivity index (χ3v) is 2.23. The molecule has 1 atom stereocenters. The largest absolute Gasteiger partial charge is 0.479 e. The number of hydrogen-bond acceptors (Lipinski definition) is 5. The second-order valence-electron chi connectivity index (χ2n) is 3.68. The molecule has 0 aliphatic rings. The van der Waals surface area contributed by atoms with Crippen LogP contribution in [0.1, 0.15) is 6.92 Å². The van der Waals surface area contributed by atoms with Gasteiger partial charge < -0.3 is 15.4 Å². The van der Waals surface area contributed by atoms with Crippen LogP contribution in [0.2, 0.25) is 0 Å². The van der Waals surface area contributed by atoms with Crippen LogP contribution >= 0.6 is 0 Å². The predicted octanol–water partition coefficient (Wildman–Crippen LogP) is 1.27. The van der Waals surface area contributed by atoms with Crippen molar-refractivity contribution in [2.45, 2.75) is 6.92 Å². The van der Waals surface area contributed by atoms with Gasteiger partial charge >= 0.3 is 0 Å². The molecule has 0 spiro atoms. The molecule has 0 saturated heterocycles. The molecule has 0 aliphatic heterocycles. The van der Waals surface area contributed by atoms with Crippen molar-refractivity contribution in [2.24, 2.45) is 5.92 Å². The molecule has 5 heteroatoms. The molecule has 0 bridgehead atoms. The number of nitrogen functional groups attached to an aromatic ring is 1. The molecule has 0 radical (unpaired) electrons. The van der Waals surface area contributed by atoms with Crippen molar-refractivity contribution >= 4 is 11.5 Å². The number of rotatable bonds is 4. The number of ether oxygens (including phenoxy) is 1. The van der Waals surface area contributed by atoms with Gasteiger partial charge in [0, 0.05) is 13.6 Å². The van der Waals surface area contributed by atoms with E-state index in [0.29, 0.717) is 18.1 Å². The predicted molar refractivity (Wildman–Crippen MR) is 63.2 cm³/mol. The smallest absolute Gasteiger partial charge is 0.238 e. The molecule has 1 aromatic rings. The first kappa shape index (κ1) is 12.1. The van der Waals surface area contributed by atoms with E-state index in [0.717, 1.165) is 5.82 Å². The number of nitrogens with two attached hydrogens (primary N) is 1. The van der Waals surface area contributed by atoms with Gasteiger partial charge in [-0.3, -0.25) is 0 Å². The van der Waals surface area contributed by atoms with E-state index in [9.17, 15) is 0 Å². The Morgan fingerprint density at radius 2 is 2.31 bits per heavy atom. The number of nitrogens with zero attached hydrogens (tertiary/aromatic N) is 3. The number of anilines is 2. The van der Waals surface area contributed by atoms with Crippen LogP contribution in [0.4, 0.5) is 11.5 Å². The molecule has 5 nitrogen and oxygen atoms in total. The van der Waals surface area contributed by atoms with E-state index in [2.05, 4.69) is 11.1 Å². The van der Waals surface area contributed by atoms with E-state index >= 15 is 0 Å². The summed E-state index contributed by atoms with van der Waals surface area (Å²) in [6, 6.07) is 5.73. The Kier molecular flexibility index (Phi) is 3.95. The maximum atomic E-state index is 8.73. The van der Waals surface area contributed by atoms with Gasteiger partial charge in [-0.05, 0) is 19.1 Å². The fraction of sp³-hybridized carbons (Fsp3) is 0.455. The Hall–Kier alpha value is -1.96. The molecular formula is C11H16N4O. The van der Waals surface area contributed by atoms with E-state index in [-0.39, 0.29) is 5.92 Å². The minimum atomic E-state index is -0.0460. The molecular weight excluding hydrogens is 204 g/mol. The maximum Gasteiger partial charge on any atom is 0.238 e. The minimum absolute atomic E-state index is 0.0460. The Morgan fingerprint density at radius 1 is 1.62 bits per heavy atom. The molecule has 2 N–H and O–H groups in total. The van der Waals surface area contributed by atoms with Gasteiger partial charge in [-0.2, -0.15) is 10.2 Å². The van der Waals surface area contributed by atoms with Crippen molar-refractivity contribution in [3.8, 4) is 11.9 Å². The van der Waals surface area contributed by atoms with Gasteiger partial charge in [-0.1, -0.05) is 0 Å². The molecule has 1 unspecified atom stereocenters. The normalized spacial score (nSPS) is 11.6. The van der Waals surface area contributed by atoms with E-state index in [1.165, 1.54) is 7.11 Å². The van der Waals surface area contributed by atoms with E-state index in [1.54, 1.807) is 6.07 Å². The van der Waals surface area contributed by atoms with Gasteiger partial charge in [-0.15, -0.1) is 0 Å². The summed E-state index contributed by atoms with van der Waals surface area (Å²) in [6.07, 6.45) is 0. The average molecular weight is 220 g/mol. The highest BCUT2D eigenvalue weighted by Crippen LogP contribution is 2.22. The third kappa shape index (κ3) is 2.76. The number of aromatic nitrogens is 1. The topological polar surface area (TPSA) is 75.2 Å². The molecule has 0 saturated carbocycles. The Labute approximate surface area is 95.4 Å². The van der Waals surface area contributed by atoms with E-state index < -0.39 is 0 Å². The average Bonchev–Trinajstić information content (AvgIpc) is 2.29. The van der Waals surface area contributed by atoms with Crippen LogP contribution in [-0.4, -0.2) is 25.7 Å². The van der Waals surface area contributed by atoms with E-state index in [1.807, 2.05) is 24.9 Å². The molecule has 0 amide bonds. The minimum Gasteiger partial charge on any atom is -0.479 e. The highest BCUT2D eigenvalue weighted by molar-refractivity contribution is 5.54. The van der Waals surface area contributed by atoms with Gasteiger partial charge in [0.1, 0.15) is 5.82 Å². The summed E-state index contributed by atoms with van der Waals surface area (Å²) in [7, 11) is 3.41. The van der Waals surface area contributed by atoms with E-state index in [4.69, 9.17) is 15.7 Å². The van der Waals surface area contributed by atoms with Gasteiger partial charge in [0.05, 0.1) is 24.8 Å². The lowest BCUT2D eigenvalue weighted by molar-refractivity contribution is 0.400. The lowest BCUT2D eigenvalue weighted by atomic mass is 10.2. The van der Waals surface area contributed by atoms with Crippen LogP contribution in [0, 0.1) is 17.2 Å². The SMILES string of the molecule is COc1nc(N(C)CC(C)C#N)ccc1N. The number of methoxy groups -OCH3 is 1.